The third-order valence-electron chi connectivity index (χ3n) is 3.71. The first-order chi connectivity index (χ1) is 11.0. The Hall–Kier alpha value is -2.41. The van der Waals surface area contributed by atoms with Crippen molar-refractivity contribution in [3.63, 3.8) is 0 Å². The molecule has 7 heteroatoms. The van der Waals surface area contributed by atoms with E-state index < -0.39 is 0 Å². The lowest BCUT2D eigenvalue weighted by molar-refractivity contribution is 0.705. The molecule has 23 heavy (non-hydrogen) atoms. The molecule has 0 aromatic carbocycles. The van der Waals surface area contributed by atoms with Crippen LogP contribution in [-0.4, -0.2) is 19.1 Å². The van der Waals surface area contributed by atoms with E-state index in [2.05, 4.69) is 9.97 Å². The van der Waals surface area contributed by atoms with Crippen LogP contribution in [0, 0.1) is 6.92 Å². The number of aryl methyl sites for hydroxylation is 2. The number of rotatable bonds is 3. The number of hydrogen-bond donors (Lipinski definition) is 0. The third kappa shape index (κ3) is 2.68. The van der Waals surface area contributed by atoms with E-state index >= 15 is 0 Å². The molecule has 0 atom stereocenters. The molecule has 0 saturated heterocycles. The molecular formula is C16H16N4O2S. The van der Waals surface area contributed by atoms with Gasteiger partial charge in [-0.05, 0) is 24.1 Å². The van der Waals surface area contributed by atoms with Gasteiger partial charge in [-0.1, -0.05) is 6.07 Å². The average molecular weight is 328 g/mol. The quantitative estimate of drug-likeness (QED) is 0.684. The summed E-state index contributed by atoms with van der Waals surface area (Å²) >= 11 is 1.56. The largest absolute Gasteiger partial charge is 0.332 e. The Morgan fingerprint density at radius 1 is 1.17 bits per heavy atom. The SMILES string of the molecule is Cc1cnc2c(c1SCc1cccnc1)c(=O)n(C)c(=O)n2C. The van der Waals surface area contributed by atoms with Crippen molar-refractivity contribution in [2.24, 2.45) is 14.1 Å². The minimum Gasteiger partial charge on any atom is -0.280 e. The van der Waals surface area contributed by atoms with Gasteiger partial charge in [-0.25, -0.2) is 9.78 Å². The van der Waals surface area contributed by atoms with Crippen LogP contribution in [0.15, 0.2) is 45.2 Å². The van der Waals surface area contributed by atoms with Crippen molar-refractivity contribution in [3.05, 3.63) is 62.7 Å². The van der Waals surface area contributed by atoms with Crippen molar-refractivity contribution < 1.29 is 0 Å². The smallest absolute Gasteiger partial charge is 0.280 e. The lowest BCUT2D eigenvalue weighted by Crippen LogP contribution is -2.37. The van der Waals surface area contributed by atoms with Crippen LogP contribution in [0.25, 0.3) is 11.0 Å². The predicted molar refractivity (Wildman–Crippen MR) is 90.8 cm³/mol. The van der Waals surface area contributed by atoms with E-state index in [0.717, 1.165) is 20.6 Å². The molecule has 6 nitrogen and oxygen atoms in total. The zero-order chi connectivity index (χ0) is 16.6. The standard InChI is InChI=1S/C16H16N4O2S/c1-10-7-18-14-12(15(21)20(3)16(22)19(14)2)13(10)23-9-11-5-4-6-17-8-11/h4-8H,9H2,1-3H3. The topological polar surface area (TPSA) is 69.8 Å². The molecule has 3 heterocycles. The Morgan fingerprint density at radius 3 is 2.65 bits per heavy atom. The van der Waals surface area contributed by atoms with Gasteiger partial charge in [-0.2, -0.15) is 0 Å². The van der Waals surface area contributed by atoms with Gasteiger partial charge in [0.05, 0.1) is 5.39 Å². The third-order valence-corrected chi connectivity index (χ3v) is 5.00. The van der Waals surface area contributed by atoms with Gasteiger partial charge in [0, 0.05) is 43.3 Å². The zero-order valence-corrected chi connectivity index (χ0v) is 13.9. The highest BCUT2D eigenvalue weighted by molar-refractivity contribution is 7.98. The Labute approximate surface area is 136 Å². The van der Waals surface area contributed by atoms with E-state index in [0.29, 0.717) is 16.8 Å². The van der Waals surface area contributed by atoms with Gasteiger partial charge in [0.2, 0.25) is 0 Å². The van der Waals surface area contributed by atoms with E-state index in [1.165, 1.54) is 11.6 Å². The molecule has 0 saturated carbocycles. The Balaban J connectivity index is 2.18. The summed E-state index contributed by atoms with van der Waals surface area (Å²) < 4.78 is 2.53. The summed E-state index contributed by atoms with van der Waals surface area (Å²) in [4.78, 5) is 33.9. The molecule has 0 aliphatic heterocycles. The van der Waals surface area contributed by atoms with Gasteiger partial charge in [-0.3, -0.25) is 18.9 Å². The van der Waals surface area contributed by atoms with Crippen LogP contribution in [0.2, 0.25) is 0 Å². The monoisotopic (exact) mass is 328 g/mol. The molecule has 0 N–H and O–H groups in total. The maximum atomic E-state index is 12.6. The molecule has 0 aliphatic rings. The van der Waals surface area contributed by atoms with Crippen LogP contribution in [0.4, 0.5) is 0 Å². The highest BCUT2D eigenvalue weighted by Crippen LogP contribution is 2.29. The summed E-state index contributed by atoms with van der Waals surface area (Å²) in [5.74, 6) is 0.694. The first kappa shape index (κ1) is 15.5. The van der Waals surface area contributed by atoms with Crippen molar-refractivity contribution in [3.8, 4) is 0 Å². The summed E-state index contributed by atoms with van der Waals surface area (Å²) in [6, 6.07) is 3.88. The predicted octanol–water partition coefficient (Wildman–Crippen LogP) is 1.63. The van der Waals surface area contributed by atoms with Crippen molar-refractivity contribution in [1.82, 2.24) is 19.1 Å². The van der Waals surface area contributed by atoms with Gasteiger partial charge in [0.1, 0.15) is 5.65 Å². The molecule has 0 radical (unpaired) electrons. The summed E-state index contributed by atoms with van der Waals surface area (Å²) in [6.45, 7) is 1.92. The maximum Gasteiger partial charge on any atom is 0.332 e. The summed E-state index contributed by atoms with van der Waals surface area (Å²) in [7, 11) is 3.12. The molecule has 0 spiro atoms. The van der Waals surface area contributed by atoms with E-state index in [1.54, 1.807) is 37.4 Å². The molecule has 3 rings (SSSR count). The van der Waals surface area contributed by atoms with Crippen molar-refractivity contribution in [2.75, 3.05) is 0 Å². The first-order valence-electron chi connectivity index (χ1n) is 7.07. The van der Waals surface area contributed by atoms with Gasteiger partial charge >= 0.3 is 5.69 Å². The number of aromatic nitrogens is 4. The molecule has 3 aromatic heterocycles. The van der Waals surface area contributed by atoms with Crippen LogP contribution in [0.5, 0.6) is 0 Å². The molecule has 0 bridgehead atoms. The van der Waals surface area contributed by atoms with Crippen molar-refractivity contribution in [2.45, 2.75) is 17.6 Å². The molecule has 0 unspecified atom stereocenters. The lowest BCUT2D eigenvalue weighted by atomic mass is 10.2. The van der Waals surface area contributed by atoms with E-state index in [9.17, 15) is 9.59 Å². The number of thioether (sulfide) groups is 1. The maximum absolute atomic E-state index is 12.6. The molecule has 118 valence electrons. The van der Waals surface area contributed by atoms with Gasteiger partial charge in [0.15, 0.2) is 0 Å². The first-order valence-corrected chi connectivity index (χ1v) is 8.06. The van der Waals surface area contributed by atoms with Gasteiger partial charge in [-0.15, -0.1) is 11.8 Å². The summed E-state index contributed by atoms with van der Waals surface area (Å²) in [5.41, 5.74) is 1.72. The molecular weight excluding hydrogens is 312 g/mol. The Morgan fingerprint density at radius 2 is 1.96 bits per heavy atom. The van der Waals surface area contributed by atoms with Crippen LogP contribution in [-0.2, 0) is 19.8 Å². The fourth-order valence-corrected chi connectivity index (χ4v) is 3.51. The van der Waals surface area contributed by atoms with Crippen LogP contribution >= 0.6 is 11.8 Å². The highest BCUT2D eigenvalue weighted by atomic mass is 32.2. The molecule has 0 amide bonds. The van der Waals surface area contributed by atoms with E-state index in [1.807, 2.05) is 19.1 Å². The second kappa shape index (κ2) is 6.00. The van der Waals surface area contributed by atoms with Gasteiger partial charge < -0.3 is 0 Å². The van der Waals surface area contributed by atoms with Crippen LogP contribution < -0.4 is 11.2 Å². The number of fused-ring (bicyclic) bond motifs is 1. The molecule has 0 aliphatic carbocycles. The lowest BCUT2D eigenvalue weighted by Gasteiger charge is -2.12. The zero-order valence-electron chi connectivity index (χ0n) is 13.1. The fourth-order valence-electron chi connectivity index (χ4n) is 2.42. The number of nitrogens with zero attached hydrogens (tertiary/aromatic N) is 4. The van der Waals surface area contributed by atoms with Crippen LogP contribution in [0.3, 0.4) is 0 Å². The highest BCUT2D eigenvalue weighted by Gasteiger charge is 2.16. The van der Waals surface area contributed by atoms with Crippen molar-refractivity contribution in [1.29, 1.82) is 0 Å². The van der Waals surface area contributed by atoms with E-state index in [4.69, 9.17) is 0 Å². The fraction of sp³-hybridized carbons (Fsp3) is 0.250. The minimum atomic E-state index is -0.373. The van der Waals surface area contributed by atoms with E-state index in [-0.39, 0.29) is 11.2 Å². The van der Waals surface area contributed by atoms with Crippen LogP contribution in [0.1, 0.15) is 11.1 Å². The van der Waals surface area contributed by atoms with Gasteiger partial charge in [0.25, 0.3) is 5.56 Å². The molecule has 0 fully saturated rings. The Kier molecular flexibility index (Phi) is 4.04. The summed E-state index contributed by atoms with van der Waals surface area (Å²) in [5, 5.41) is 0.489. The second-order valence-corrected chi connectivity index (χ2v) is 6.31. The normalized spacial score (nSPS) is 11.1. The number of pyridine rings is 2. The second-order valence-electron chi connectivity index (χ2n) is 5.32. The average Bonchev–Trinajstić information content (AvgIpc) is 2.57. The minimum absolute atomic E-state index is 0.312. The summed E-state index contributed by atoms with van der Waals surface area (Å²) in [6.07, 6.45) is 5.24. The Bertz CT molecular complexity index is 993. The molecule has 3 aromatic rings. The van der Waals surface area contributed by atoms with Crippen molar-refractivity contribution >= 4 is 22.8 Å². The number of hydrogen-bond acceptors (Lipinski definition) is 5.